The lowest BCUT2D eigenvalue weighted by molar-refractivity contribution is -0.459. The Morgan fingerprint density at radius 2 is 0.639 bits per heavy atom. The van der Waals surface area contributed by atoms with E-state index in [2.05, 4.69) is 36.9 Å². The van der Waals surface area contributed by atoms with Gasteiger partial charge in [-0.1, -0.05) is 169 Å². The SMILES string of the molecule is CCCCCCCCCCCCC(CCCCCC)C(P)(CCCCCC)CCCCCC.O=C(O)C(F)(F)C(F)(F)C(F)(F)C(F)(F)C(F)(F)C(F)(F)C(F)(F)C(F)(F)F. The van der Waals surface area contributed by atoms with Crippen molar-refractivity contribution in [2.45, 2.75) is 247 Å². The maximum atomic E-state index is 13.0. The summed E-state index contributed by atoms with van der Waals surface area (Å²) in [4.78, 5) is 9.77. The van der Waals surface area contributed by atoms with Crippen LogP contribution in [0.2, 0.25) is 0 Å². The van der Waals surface area contributed by atoms with Gasteiger partial charge in [0.15, 0.2) is 0 Å². The number of hydrogen-bond donors (Lipinski definition) is 1. The summed E-state index contributed by atoms with van der Waals surface area (Å²) >= 11 is 0. The van der Waals surface area contributed by atoms with Gasteiger partial charge in [-0.15, -0.1) is 9.24 Å². The van der Waals surface area contributed by atoms with E-state index in [0.717, 1.165) is 5.92 Å². The fourth-order valence-corrected chi connectivity index (χ4v) is 7.75. The Morgan fingerprint density at radius 3 is 0.934 bits per heavy atom. The van der Waals surface area contributed by atoms with E-state index in [1.807, 2.05) is 0 Å². The van der Waals surface area contributed by atoms with Gasteiger partial charge in [0.1, 0.15) is 0 Å². The van der Waals surface area contributed by atoms with Crippen LogP contribution in [0.3, 0.4) is 0 Å². The van der Waals surface area contributed by atoms with Crippen molar-refractivity contribution in [3.05, 3.63) is 0 Å². The molecule has 61 heavy (non-hydrogen) atoms. The van der Waals surface area contributed by atoms with Gasteiger partial charge in [-0.3, -0.25) is 0 Å². The molecule has 0 aliphatic heterocycles. The van der Waals surface area contributed by atoms with Crippen LogP contribution >= 0.6 is 9.24 Å². The summed E-state index contributed by atoms with van der Waals surface area (Å²) in [6, 6.07) is 0. The van der Waals surface area contributed by atoms with Crippen LogP contribution in [-0.4, -0.2) is 63.9 Å². The average Bonchev–Trinajstić information content (AvgIpc) is 3.15. The highest BCUT2D eigenvalue weighted by molar-refractivity contribution is 7.19. The largest absolute Gasteiger partial charge is 0.477 e. The highest BCUT2D eigenvalue weighted by Crippen LogP contribution is 2.64. The third-order valence-electron chi connectivity index (χ3n) is 11.1. The van der Waals surface area contributed by atoms with Crippen molar-refractivity contribution in [3.63, 3.8) is 0 Å². The number of unbranched alkanes of at least 4 members (excludes halogenated alkanes) is 18. The van der Waals surface area contributed by atoms with Crippen LogP contribution in [0.5, 0.6) is 0 Å². The average molecular weight is 947 g/mol. The number of carboxylic acid groups (broad SMARTS) is 1. The smallest absolute Gasteiger partial charge is 0.460 e. The van der Waals surface area contributed by atoms with E-state index in [4.69, 9.17) is 5.11 Å². The Labute approximate surface area is 352 Å². The minimum atomic E-state index is -8.76. The van der Waals surface area contributed by atoms with Crippen molar-refractivity contribution in [2.24, 2.45) is 5.92 Å². The third kappa shape index (κ3) is 16.9. The minimum Gasteiger partial charge on any atom is -0.477 e. The summed E-state index contributed by atoms with van der Waals surface area (Å²) in [5.74, 6) is -62.0. The minimum absolute atomic E-state index is 0.521. The lowest BCUT2D eigenvalue weighted by Gasteiger charge is -2.42. The first-order chi connectivity index (χ1) is 27.8. The van der Waals surface area contributed by atoms with Crippen LogP contribution in [0.4, 0.5) is 74.6 Å². The van der Waals surface area contributed by atoms with Crippen LogP contribution < -0.4 is 0 Å². The molecule has 1 N–H and O–H groups in total. The quantitative estimate of drug-likeness (QED) is 0.0396. The van der Waals surface area contributed by atoms with E-state index in [1.165, 1.54) is 167 Å². The number of hydrogen-bond acceptors (Lipinski definition) is 1. The van der Waals surface area contributed by atoms with Gasteiger partial charge in [-0.2, -0.15) is 74.6 Å². The number of aliphatic carboxylic acids is 1. The van der Waals surface area contributed by atoms with Crippen LogP contribution in [0, 0.1) is 5.92 Å². The van der Waals surface area contributed by atoms with Gasteiger partial charge in [0.05, 0.1) is 0 Å². The molecule has 0 aromatic heterocycles. The second-order valence-corrected chi connectivity index (χ2v) is 17.3. The summed E-state index contributed by atoms with van der Waals surface area (Å²) in [5.41, 5.74) is 0. The van der Waals surface area contributed by atoms with E-state index < -0.39 is 53.6 Å². The zero-order valence-corrected chi connectivity index (χ0v) is 37.0. The predicted molar refractivity (Wildman–Crippen MR) is 207 cm³/mol. The van der Waals surface area contributed by atoms with Crippen LogP contribution in [0.15, 0.2) is 0 Å². The summed E-state index contributed by atoms with van der Waals surface area (Å²) in [6.45, 7) is 9.36. The second-order valence-electron chi connectivity index (χ2n) is 16.2. The van der Waals surface area contributed by atoms with Crippen LogP contribution in [0.1, 0.15) is 195 Å². The van der Waals surface area contributed by atoms with Gasteiger partial charge in [-0.05, 0) is 36.8 Å². The molecule has 0 amide bonds. The maximum absolute atomic E-state index is 13.0. The van der Waals surface area contributed by atoms with Crippen molar-refractivity contribution < 1.29 is 84.5 Å². The predicted octanol–water partition coefficient (Wildman–Crippen LogP) is 17.5. The molecule has 0 rings (SSSR count). The topological polar surface area (TPSA) is 37.3 Å². The number of rotatable bonds is 34. The van der Waals surface area contributed by atoms with Crippen LogP contribution in [-0.2, 0) is 4.79 Å². The first kappa shape index (κ1) is 61.8. The standard InChI is InChI=1S/C32H67P.C9HF17O2/c1-5-9-13-17-18-19-20-21-22-24-28-31(27-23-14-10-6-2)32(33,29-25-15-11-7-3)30-26-16-12-8-4;10-2(11,1(27)28)3(12,13)4(14,15)5(16,17)6(18,19)7(20,21)8(22,23)9(24,25)26/h31H,5-30,33H2,1-4H3;(H,27,28). The Bertz CT molecular complexity index is 1170. The second kappa shape index (κ2) is 27.2. The van der Waals surface area contributed by atoms with E-state index in [-0.39, 0.29) is 0 Å². The molecule has 368 valence electrons. The van der Waals surface area contributed by atoms with Crippen molar-refractivity contribution in [2.75, 3.05) is 0 Å². The number of carboxylic acids is 1. The number of halogens is 17. The zero-order chi connectivity index (χ0) is 48.0. The van der Waals surface area contributed by atoms with Crippen molar-refractivity contribution >= 4 is 15.2 Å². The van der Waals surface area contributed by atoms with E-state index in [9.17, 15) is 79.4 Å². The molecule has 0 saturated carbocycles. The summed E-state index contributed by atoms with van der Waals surface area (Å²) in [6.07, 6.45) is 29.8. The molecule has 0 heterocycles. The van der Waals surface area contributed by atoms with E-state index >= 15 is 0 Å². The first-order valence-electron chi connectivity index (χ1n) is 21.6. The molecule has 2 unspecified atom stereocenters. The zero-order valence-electron chi connectivity index (χ0n) is 35.8. The molecule has 2 nitrogen and oxygen atoms in total. The summed E-state index contributed by atoms with van der Waals surface area (Å²) < 4.78 is 214. The Morgan fingerprint density at radius 1 is 0.393 bits per heavy atom. The number of carbonyl (C=O) groups is 1. The van der Waals surface area contributed by atoms with Gasteiger partial charge in [0.25, 0.3) is 0 Å². The summed E-state index contributed by atoms with van der Waals surface area (Å²) in [7, 11) is 3.49. The highest BCUT2D eigenvalue weighted by Gasteiger charge is 2.95. The molecular formula is C41H68F17O2P. The summed E-state index contributed by atoms with van der Waals surface area (Å²) in [5, 5.41) is 8.11. The van der Waals surface area contributed by atoms with E-state index in [1.54, 1.807) is 0 Å². The molecule has 0 fully saturated rings. The van der Waals surface area contributed by atoms with Crippen molar-refractivity contribution in [1.29, 1.82) is 0 Å². The molecule has 0 aromatic carbocycles. The van der Waals surface area contributed by atoms with E-state index in [0.29, 0.717) is 5.16 Å². The molecule has 0 saturated heterocycles. The Hall–Kier alpha value is -1.29. The molecule has 0 aliphatic carbocycles. The Balaban J connectivity index is 0. The van der Waals surface area contributed by atoms with Gasteiger partial charge in [0, 0.05) is 0 Å². The van der Waals surface area contributed by atoms with Gasteiger partial charge < -0.3 is 5.11 Å². The fraction of sp³-hybridized carbons (Fsp3) is 0.976. The highest BCUT2D eigenvalue weighted by atomic mass is 31.0. The van der Waals surface area contributed by atoms with Gasteiger partial charge >= 0.3 is 53.6 Å². The molecule has 2 atom stereocenters. The third-order valence-corrected chi connectivity index (χ3v) is 12.2. The fourth-order valence-electron chi connectivity index (χ4n) is 7.01. The molecule has 20 heteroatoms. The van der Waals surface area contributed by atoms with Gasteiger partial charge in [-0.25, -0.2) is 4.79 Å². The first-order valence-corrected chi connectivity index (χ1v) is 22.1. The molecule has 0 aliphatic rings. The Kier molecular flexibility index (Phi) is 27.6. The van der Waals surface area contributed by atoms with Crippen molar-refractivity contribution in [1.82, 2.24) is 0 Å². The molecule has 0 spiro atoms. The monoisotopic (exact) mass is 946 g/mol. The molecule has 0 aromatic rings. The van der Waals surface area contributed by atoms with Crippen molar-refractivity contribution in [3.8, 4) is 0 Å². The lowest BCUT2D eigenvalue weighted by atomic mass is 9.77. The lowest BCUT2D eigenvalue weighted by Crippen LogP contribution is -2.75. The molecule has 0 bridgehead atoms. The molecule has 0 radical (unpaired) electrons. The van der Waals surface area contributed by atoms with Crippen LogP contribution in [0.25, 0.3) is 0 Å². The van der Waals surface area contributed by atoms with Gasteiger partial charge in [0.2, 0.25) is 0 Å². The normalized spacial score (nSPS) is 14.5. The maximum Gasteiger partial charge on any atom is 0.460 e. The number of alkyl halides is 17. The molecular weight excluding hydrogens is 878 g/mol.